The van der Waals surface area contributed by atoms with Gasteiger partial charge in [-0.3, -0.25) is 0 Å². The van der Waals surface area contributed by atoms with Gasteiger partial charge in [0.15, 0.2) is 0 Å². The van der Waals surface area contributed by atoms with E-state index >= 15 is 26.3 Å². The Morgan fingerprint density at radius 1 is 0.239 bits per heavy atom. The fourth-order valence-electron chi connectivity index (χ4n) is 25.5. The highest BCUT2D eigenvalue weighted by atomic mass is 19.2. The molecular formula is C102H88B3F6N5O. The van der Waals surface area contributed by atoms with Crippen LogP contribution in [0.25, 0.3) is 0 Å². The molecule has 6 saturated carbocycles. The van der Waals surface area contributed by atoms with Crippen LogP contribution >= 0.6 is 0 Å². The third kappa shape index (κ3) is 10.9. The van der Waals surface area contributed by atoms with E-state index in [4.69, 9.17) is 4.74 Å². The van der Waals surface area contributed by atoms with Crippen LogP contribution in [0.2, 0.25) is 0 Å². The summed E-state index contributed by atoms with van der Waals surface area (Å²) < 4.78 is 117. The molecule has 6 aliphatic heterocycles. The Morgan fingerprint density at radius 3 is 0.923 bits per heavy atom. The third-order valence-corrected chi connectivity index (χ3v) is 30.4. The Labute approximate surface area is 681 Å². The maximum atomic E-state index is 18.2. The molecule has 15 heteroatoms. The summed E-state index contributed by atoms with van der Waals surface area (Å²) in [5, 5.41) is 0. The molecule has 0 N–H and O–H groups in total. The average Bonchev–Trinajstić information content (AvgIpc) is 1.26. The van der Waals surface area contributed by atoms with E-state index < -0.39 is 55.0 Å². The Morgan fingerprint density at radius 2 is 0.547 bits per heavy atom. The summed E-state index contributed by atoms with van der Waals surface area (Å²) in [6.45, 7) is -1.83. The molecule has 0 spiro atoms. The molecule has 12 aliphatic rings. The minimum absolute atomic E-state index is 0.0767. The van der Waals surface area contributed by atoms with E-state index in [0.717, 1.165) is 140 Å². The molecule has 0 bridgehead atoms. The van der Waals surface area contributed by atoms with Crippen molar-refractivity contribution in [3.05, 3.63) is 276 Å². The number of benzene rings is 12. The van der Waals surface area contributed by atoms with Crippen molar-refractivity contribution in [2.45, 2.75) is 153 Å². The molecule has 0 radical (unpaired) electrons. The summed E-state index contributed by atoms with van der Waals surface area (Å²) in [6, 6.07) is 72.7. The van der Waals surface area contributed by atoms with Crippen molar-refractivity contribution >= 4 is 155 Å². The second kappa shape index (κ2) is 27.4. The lowest BCUT2D eigenvalue weighted by Crippen LogP contribution is -2.66. The number of fused-ring (bicyclic) bond motifs is 15. The van der Waals surface area contributed by atoms with Crippen LogP contribution in [0.5, 0.6) is 11.5 Å². The van der Waals surface area contributed by atoms with Crippen molar-refractivity contribution in [2.75, 3.05) is 24.5 Å². The average molecular weight is 1550 g/mol. The molecule has 12 aromatic rings. The Balaban J connectivity index is 0.795. The van der Waals surface area contributed by atoms with Gasteiger partial charge in [-0.2, -0.15) is 0 Å². The highest BCUT2D eigenvalue weighted by molar-refractivity contribution is 7.04. The largest absolute Gasteiger partial charge is 0.458 e. The van der Waals surface area contributed by atoms with Crippen LogP contribution in [0.15, 0.2) is 224 Å². The van der Waals surface area contributed by atoms with E-state index in [-0.39, 0.29) is 34.8 Å². The molecule has 6 fully saturated rings. The lowest BCUT2D eigenvalue weighted by atomic mass is 9.29. The van der Waals surface area contributed by atoms with E-state index in [1.165, 1.54) is 138 Å². The van der Waals surface area contributed by atoms with E-state index in [1.54, 1.807) is 4.90 Å². The SMILES string of the molecule is Fc1cccc(F)c1N1c2cc3c(cc2B2c4cc5c(cc4Oc4cc(C6CC7CCCCCC7C6)cc1c42)N(c1c(F)cccc1F)c1cc(C2CC4CCCCCC4C2)cc2c1B5c1ccccc1N2c1ccccc1)B1c2ccccc2N(c2ccccc2)c2cc(C4CC5CCCCCC5C4)cc(c21)N3c1c(F)cccc1F. The van der Waals surface area contributed by atoms with Gasteiger partial charge in [-0.1, -0.05) is 199 Å². The Bertz CT molecular complexity index is 6000. The molecule has 0 saturated heterocycles. The summed E-state index contributed by atoms with van der Waals surface area (Å²) in [4.78, 5) is 10.2. The molecule has 6 heterocycles. The monoisotopic (exact) mass is 1550 g/mol. The number of nitrogens with zero attached hydrogens (tertiary/aromatic N) is 5. The molecule has 0 amide bonds. The fraction of sp³-hybridized carbons (Fsp3) is 0.294. The van der Waals surface area contributed by atoms with Crippen LogP contribution in [-0.4, -0.2) is 20.1 Å². The van der Waals surface area contributed by atoms with E-state index in [0.29, 0.717) is 92.1 Å². The van der Waals surface area contributed by atoms with Crippen molar-refractivity contribution in [1.29, 1.82) is 0 Å². The van der Waals surface area contributed by atoms with Crippen LogP contribution in [0.4, 0.5) is 112 Å². The second-order valence-corrected chi connectivity index (χ2v) is 36.4. The number of para-hydroxylation sites is 7. The number of hydrogen-bond donors (Lipinski definition) is 0. The first-order valence-electron chi connectivity index (χ1n) is 43.7. The lowest BCUT2D eigenvalue weighted by Gasteiger charge is -2.47. The predicted octanol–water partition coefficient (Wildman–Crippen LogP) is 22.3. The van der Waals surface area contributed by atoms with Crippen LogP contribution in [0, 0.1) is 70.4 Å². The van der Waals surface area contributed by atoms with Crippen molar-refractivity contribution in [2.24, 2.45) is 35.5 Å². The van der Waals surface area contributed by atoms with Gasteiger partial charge in [-0.25, -0.2) is 26.3 Å². The predicted molar refractivity (Wildman–Crippen MR) is 466 cm³/mol. The smallest absolute Gasteiger partial charge is 0.256 e. The summed E-state index contributed by atoms with van der Waals surface area (Å²) in [6.07, 6.45) is 24.1. The molecule has 6 nitrogen and oxygen atoms in total. The van der Waals surface area contributed by atoms with Crippen molar-refractivity contribution < 1.29 is 31.1 Å². The first kappa shape index (κ1) is 70.4. The highest BCUT2D eigenvalue weighted by Crippen LogP contribution is 2.58. The summed E-state index contributed by atoms with van der Waals surface area (Å²) in [5.74, 6) is 0.354. The minimum Gasteiger partial charge on any atom is -0.458 e. The Hall–Kier alpha value is -10.8. The highest BCUT2D eigenvalue weighted by Gasteiger charge is 2.54. The quantitative estimate of drug-likeness (QED) is 0.111. The maximum Gasteiger partial charge on any atom is 0.256 e. The van der Waals surface area contributed by atoms with Crippen LogP contribution in [0.1, 0.15) is 169 Å². The van der Waals surface area contributed by atoms with Gasteiger partial charge in [-0.05, 0) is 273 Å². The van der Waals surface area contributed by atoms with Crippen molar-refractivity contribution in [3.63, 3.8) is 0 Å². The molecule has 6 atom stereocenters. The van der Waals surface area contributed by atoms with Gasteiger partial charge in [0.1, 0.15) is 63.5 Å². The van der Waals surface area contributed by atoms with Crippen LogP contribution in [0.3, 0.4) is 0 Å². The molecule has 0 aromatic heterocycles. The standard InChI is InChI=1S/C102H88B3F6N5O/c106-79-35-20-36-80(107)100(79)114-87-57-88-76(55-75(87)103-73-33-16-18-41-85(73)112(71-29-12-4-13-30-71)90-49-68(51-92(114)97(90)103)65-43-59-23-6-1-7-24-60(59)44-65)105-78-56-77-89(58-95(78)117-96-54-70(67-47-63-27-10-3-11-28-64(63)48-67)53-94(99(96)105)115(88)101-81(108)37-21-38-82(101)109)116(102-83(110)39-22-40-84(102)111)93-52-69(66-45-61-25-8-2-9-26-62(61)46-66)50-91-98(93)104(77)74-34-17-19-42-86(74)113(91)72-31-14-5-15-32-72/h4-5,12-22,29-42,49-67H,1-3,6-11,23-28,43-48H2. The van der Waals surface area contributed by atoms with Gasteiger partial charge >= 0.3 is 0 Å². The lowest BCUT2D eigenvalue weighted by molar-refractivity contribution is 0.367. The summed E-state index contributed by atoms with van der Waals surface area (Å²) in [5.41, 5.74) is 19.2. The molecule has 117 heavy (non-hydrogen) atoms. The second-order valence-electron chi connectivity index (χ2n) is 36.4. The number of anilines is 15. The molecule has 6 aliphatic carbocycles. The molecule has 24 rings (SSSR count). The zero-order valence-corrected chi connectivity index (χ0v) is 65.6. The van der Waals surface area contributed by atoms with E-state index in [1.807, 2.05) is 28.0 Å². The van der Waals surface area contributed by atoms with Crippen LogP contribution < -0.4 is 78.4 Å². The summed E-state index contributed by atoms with van der Waals surface area (Å²) in [7, 11) is 0. The van der Waals surface area contributed by atoms with Crippen LogP contribution in [-0.2, 0) is 0 Å². The number of halogens is 6. The third-order valence-electron chi connectivity index (χ3n) is 30.4. The van der Waals surface area contributed by atoms with E-state index in [9.17, 15) is 0 Å². The normalized spacial score (nSPS) is 23.3. The molecule has 578 valence electrons. The van der Waals surface area contributed by atoms with Gasteiger partial charge in [0.05, 0.1) is 0 Å². The minimum atomic E-state index is -0.780. The zero-order chi connectivity index (χ0) is 77.7. The topological polar surface area (TPSA) is 25.4 Å². The first-order chi connectivity index (χ1) is 57.5. The van der Waals surface area contributed by atoms with Crippen molar-refractivity contribution in [1.82, 2.24) is 0 Å². The zero-order valence-electron chi connectivity index (χ0n) is 65.6. The van der Waals surface area contributed by atoms with Gasteiger partial charge in [0, 0.05) is 74.3 Å². The van der Waals surface area contributed by atoms with Crippen molar-refractivity contribution in [3.8, 4) is 11.5 Å². The number of ether oxygens (including phenoxy) is 1. The number of rotatable bonds is 8. The van der Waals surface area contributed by atoms with Gasteiger partial charge in [0.2, 0.25) is 0 Å². The Kier molecular flexibility index (Phi) is 16.5. The van der Waals surface area contributed by atoms with Gasteiger partial charge < -0.3 is 29.2 Å². The molecular weight excluding hydrogens is 1460 g/mol. The summed E-state index contributed by atoms with van der Waals surface area (Å²) >= 11 is 0. The van der Waals surface area contributed by atoms with E-state index in [2.05, 4.69) is 161 Å². The van der Waals surface area contributed by atoms with Gasteiger partial charge in [0.25, 0.3) is 20.1 Å². The first-order valence-corrected chi connectivity index (χ1v) is 43.7. The van der Waals surface area contributed by atoms with Gasteiger partial charge in [-0.15, -0.1) is 0 Å². The maximum absolute atomic E-state index is 18.2. The molecule has 12 aromatic carbocycles. The molecule has 6 unspecified atom stereocenters. The fourth-order valence-corrected chi connectivity index (χ4v) is 25.5. The number of hydrogen-bond acceptors (Lipinski definition) is 6.